The number of nitrogens with zero attached hydrogens (tertiary/aromatic N) is 3. The molecule has 1 aliphatic rings. The van der Waals surface area contributed by atoms with Crippen molar-refractivity contribution in [1.82, 2.24) is 19.8 Å². The third kappa shape index (κ3) is 4.01. The average Bonchev–Trinajstić information content (AvgIpc) is 3.36. The van der Waals surface area contributed by atoms with Gasteiger partial charge in [-0.3, -0.25) is 9.59 Å². The van der Waals surface area contributed by atoms with E-state index >= 15 is 0 Å². The van der Waals surface area contributed by atoms with Gasteiger partial charge in [0.15, 0.2) is 11.7 Å². The van der Waals surface area contributed by atoms with Gasteiger partial charge in [0.2, 0.25) is 0 Å². The quantitative estimate of drug-likeness (QED) is 0.753. The van der Waals surface area contributed by atoms with Crippen molar-refractivity contribution in [3.05, 3.63) is 47.4 Å². The van der Waals surface area contributed by atoms with Crippen LogP contribution in [0.2, 0.25) is 0 Å². The van der Waals surface area contributed by atoms with Crippen LogP contribution in [0.4, 0.5) is 0 Å². The Morgan fingerprint density at radius 3 is 2.81 bits per heavy atom. The molecule has 1 atom stereocenters. The van der Waals surface area contributed by atoms with Crippen molar-refractivity contribution in [2.75, 3.05) is 6.54 Å². The van der Waals surface area contributed by atoms with E-state index in [-0.39, 0.29) is 30.1 Å². The summed E-state index contributed by atoms with van der Waals surface area (Å²) in [7, 11) is 0. The summed E-state index contributed by atoms with van der Waals surface area (Å²) in [6.45, 7) is 5.72. The van der Waals surface area contributed by atoms with Crippen LogP contribution in [0.25, 0.3) is 0 Å². The van der Waals surface area contributed by atoms with E-state index in [0.29, 0.717) is 11.5 Å². The van der Waals surface area contributed by atoms with Gasteiger partial charge < -0.3 is 14.6 Å². The van der Waals surface area contributed by atoms with Crippen molar-refractivity contribution in [3.63, 3.8) is 0 Å². The fourth-order valence-electron chi connectivity index (χ4n) is 3.22. The summed E-state index contributed by atoms with van der Waals surface area (Å²) in [6, 6.07) is 2.78. The van der Waals surface area contributed by atoms with Gasteiger partial charge in [-0.25, -0.2) is 0 Å². The molecule has 2 aromatic heterocycles. The monoisotopic (exact) mass is 374 g/mol. The summed E-state index contributed by atoms with van der Waals surface area (Å²) < 4.78 is 9.45. The Morgan fingerprint density at radius 2 is 2.23 bits per heavy atom. The van der Waals surface area contributed by atoms with Crippen LogP contribution in [0.15, 0.2) is 34.6 Å². The molecular formula is C18H22N4O3S. The highest BCUT2D eigenvalue weighted by atomic mass is 32.1. The number of carbonyl (C=O) groups is 2. The average molecular weight is 374 g/mol. The lowest BCUT2D eigenvalue weighted by molar-refractivity contribution is -0.127. The standard InChI is InChI=1S/C18H22N4O3S/c1-3-10-22(18(24)14-11-26-21-20-14)16(15-9-8-12(2)25-15)17(23)19-13-6-4-5-7-13/h3,8-9,11,13,16H,1,4-7,10H2,2H3,(H,19,23). The molecule has 1 aliphatic carbocycles. The van der Waals surface area contributed by atoms with Crippen LogP contribution < -0.4 is 5.32 Å². The fourth-order valence-corrected chi connectivity index (χ4v) is 3.65. The first-order valence-corrected chi connectivity index (χ1v) is 9.49. The van der Waals surface area contributed by atoms with Crippen LogP contribution in [-0.4, -0.2) is 38.9 Å². The first kappa shape index (κ1) is 18.3. The predicted octanol–water partition coefficient (Wildman–Crippen LogP) is 2.87. The van der Waals surface area contributed by atoms with Crippen LogP contribution in [0.5, 0.6) is 0 Å². The molecule has 7 nitrogen and oxygen atoms in total. The van der Waals surface area contributed by atoms with Crippen LogP contribution in [0.1, 0.15) is 53.7 Å². The number of nitrogens with one attached hydrogen (secondary N) is 1. The van der Waals surface area contributed by atoms with Gasteiger partial charge in [-0.2, -0.15) is 0 Å². The molecule has 2 amide bonds. The summed E-state index contributed by atoms with van der Waals surface area (Å²) in [4.78, 5) is 27.4. The Labute approximate surface area is 156 Å². The first-order valence-electron chi connectivity index (χ1n) is 8.65. The number of hydrogen-bond donors (Lipinski definition) is 1. The van der Waals surface area contributed by atoms with Crippen LogP contribution in [-0.2, 0) is 4.79 Å². The maximum atomic E-state index is 13.1. The molecule has 0 bridgehead atoms. The highest BCUT2D eigenvalue weighted by molar-refractivity contribution is 7.03. The lowest BCUT2D eigenvalue weighted by Gasteiger charge is -2.29. The number of amides is 2. The van der Waals surface area contributed by atoms with E-state index < -0.39 is 6.04 Å². The number of carbonyl (C=O) groups excluding carboxylic acids is 2. The molecular weight excluding hydrogens is 352 g/mol. The van der Waals surface area contributed by atoms with Crippen LogP contribution >= 0.6 is 11.5 Å². The minimum atomic E-state index is -0.878. The Morgan fingerprint density at radius 1 is 1.46 bits per heavy atom. The molecule has 1 saturated carbocycles. The van der Waals surface area contributed by atoms with Crippen molar-refractivity contribution in [3.8, 4) is 0 Å². The van der Waals surface area contributed by atoms with Gasteiger partial charge in [0.25, 0.3) is 11.8 Å². The normalized spacial score (nSPS) is 15.6. The number of furan rings is 1. The molecule has 2 aromatic rings. The zero-order chi connectivity index (χ0) is 18.5. The van der Waals surface area contributed by atoms with Gasteiger partial charge in [0.05, 0.1) is 0 Å². The van der Waals surface area contributed by atoms with Crippen molar-refractivity contribution in [1.29, 1.82) is 0 Å². The highest BCUT2D eigenvalue weighted by Crippen LogP contribution is 2.27. The Balaban J connectivity index is 1.92. The molecule has 8 heteroatoms. The second kappa shape index (κ2) is 8.27. The Hall–Kier alpha value is -2.48. The molecule has 3 rings (SSSR count). The summed E-state index contributed by atoms with van der Waals surface area (Å²) >= 11 is 1.09. The van der Waals surface area contributed by atoms with Gasteiger partial charge in [0.1, 0.15) is 11.5 Å². The number of hydrogen-bond acceptors (Lipinski definition) is 6. The smallest absolute Gasteiger partial charge is 0.276 e. The number of aromatic nitrogens is 2. The molecule has 26 heavy (non-hydrogen) atoms. The number of rotatable bonds is 7. The molecule has 0 saturated heterocycles. The third-order valence-electron chi connectivity index (χ3n) is 4.46. The van der Waals surface area contributed by atoms with Gasteiger partial charge in [-0.1, -0.05) is 23.4 Å². The van der Waals surface area contributed by atoms with Crippen molar-refractivity contribution in [2.45, 2.75) is 44.7 Å². The SMILES string of the molecule is C=CCN(C(=O)c1csnn1)C(C(=O)NC1CCCC1)c1ccc(C)o1. The van der Waals surface area contributed by atoms with Crippen molar-refractivity contribution in [2.24, 2.45) is 0 Å². The molecule has 2 heterocycles. The molecule has 1 fully saturated rings. The van der Waals surface area contributed by atoms with E-state index in [1.165, 1.54) is 4.90 Å². The lowest BCUT2D eigenvalue weighted by Crippen LogP contribution is -2.46. The summed E-state index contributed by atoms with van der Waals surface area (Å²) in [5, 5.41) is 8.48. The highest BCUT2D eigenvalue weighted by Gasteiger charge is 2.35. The summed E-state index contributed by atoms with van der Waals surface area (Å²) in [5.74, 6) is 0.486. The van der Waals surface area contributed by atoms with Gasteiger partial charge in [-0.05, 0) is 43.4 Å². The topological polar surface area (TPSA) is 88.3 Å². The van der Waals surface area contributed by atoms with Crippen molar-refractivity contribution < 1.29 is 14.0 Å². The Kier molecular flexibility index (Phi) is 5.82. The minimum Gasteiger partial charge on any atom is -0.464 e. The predicted molar refractivity (Wildman–Crippen MR) is 97.7 cm³/mol. The van der Waals surface area contributed by atoms with E-state index in [4.69, 9.17) is 4.42 Å². The van der Waals surface area contributed by atoms with Gasteiger partial charge >= 0.3 is 0 Å². The largest absolute Gasteiger partial charge is 0.464 e. The van der Waals surface area contributed by atoms with Crippen molar-refractivity contribution >= 4 is 23.3 Å². The fraction of sp³-hybridized carbons (Fsp3) is 0.444. The zero-order valence-corrected chi connectivity index (χ0v) is 15.5. The maximum Gasteiger partial charge on any atom is 0.276 e. The molecule has 0 spiro atoms. The van der Waals surface area contributed by atoms with E-state index in [9.17, 15) is 9.59 Å². The van der Waals surface area contributed by atoms with Crippen LogP contribution in [0.3, 0.4) is 0 Å². The zero-order valence-electron chi connectivity index (χ0n) is 14.7. The van der Waals surface area contributed by atoms with Crippen LogP contribution in [0, 0.1) is 6.92 Å². The lowest BCUT2D eigenvalue weighted by atomic mass is 10.1. The summed E-state index contributed by atoms with van der Waals surface area (Å²) in [5.41, 5.74) is 0.207. The van der Waals surface area contributed by atoms with E-state index in [1.54, 1.807) is 30.5 Å². The summed E-state index contributed by atoms with van der Waals surface area (Å²) in [6.07, 6.45) is 5.72. The molecule has 0 aliphatic heterocycles. The Bertz CT molecular complexity index is 765. The molecule has 0 aromatic carbocycles. The molecule has 1 unspecified atom stereocenters. The number of aryl methyl sites for hydroxylation is 1. The maximum absolute atomic E-state index is 13.1. The molecule has 0 radical (unpaired) electrons. The third-order valence-corrected chi connectivity index (χ3v) is 4.96. The van der Waals surface area contributed by atoms with E-state index in [1.807, 2.05) is 0 Å². The van der Waals surface area contributed by atoms with E-state index in [2.05, 4.69) is 21.5 Å². The second-order valence-corrected chi connectivity index (χ2v) is 6.99. The molecule has 1 N–H and O–H groups in total. The van der Waals surface area contributed by atoms with Gasteiger partial charge in [0, 0.05) is 18.0 Å². The minimum absolute atomic E-state index is 0.141. The second-order valence-electron chi connectivity index (χ2n) is 6.38. The first-order chi connectivity index (χ1) is 12.6. The van der Waals surface area contributed by atoms with Gasteiger partial charge in [-0.15, -0.1) is 11.7 Å². The van der Waals surface area contributed by atoms with E-state index in [0.717, 1.165) is 37.2 Å². The molecule has 138 valence electrons.